The molecule has 0 fully saturated rings. The van der Waals surface area contributed by atoms with E-state index in [-0.39, 0.29) is 5.91 Å². The van der Waals surface area contributed by atoms with Crippen LogP contribution in [0.4, 0.5) is 16.1 Å². The van der Waals surface area contributed by atoms with Crippen molar-refractivity contribution < 1.29 is 4.79 Å². The summed E-state index contributed by atoms with van der Waals surface area (Å²) in [6.07, 6.45) is 1.68. The number of nitrogens with zero attached hydrogens (tertiary/aromatic N) is 3. The molecule has 124 valence electrons. The lowest BCUT2D eigenvalue weighted by atomic mass is 10.3. The molecule has 0 saturated carbocycles. The van der Waals surface area contributed by atoms with Crippen molar-refractivity contribution in [3.05, 3.63) is 58.7 Å². The van der Waals surface area contributed by atoms with Crippen LogP contribution in [0.5, 0.6) is 0 Å². The number of nitrogens with one attached hydrogen (secondary N) is 2. The van der Waals surface area contributed by atoms with Crippen molar-refractivity contribution >= 4 is 66.5 Å². The summed E-state index contributed by atoms with van der Waals surface area (Å²) >= 11 is 8.67. The van der Waals surface area contributed by atoms with E-state index in [0.29, 0.717) is 26.8 Å². The fraction of sp³-hybridized carbons (Fsp3) is 0. The number of benzene rings is 1. The molecule has 0 saturated heterocycles. The van der Waals surface area contributed by atoms with Gasteiger partial charge in [-0.25, -0.2) is 15.0 Å². The number of fused-ring (bicyclic) bond motifs is 1. The van der Waals surface area contributed by atoms with E-state index in [1.807, 2.05) is 30.3 Å². The van der Waals surface area contributed by atoms with Crippen molar-refractivity contribution in [3.63, 3.8) is 0 Å². The predicted octanol–water partition coefficient (Wildman–Crippen LogP) is 4.80. The number of carbonyl (C=O) groups excluding carboxylic acids is 1. The van der Waals surface area contributed by atoms with Crippen molar-refractivity contribution in [1.29, 1.82) is 0 Å². The van der Waals surface area contributed by atoms with Crippen LogP contribution in [-0.4, -0.2) is 20.9 Å². The minimum absolute atomic E-state index is 0.310. The molecule has 9 heteroatoms. The minimum atomic E-state index is -0.310. The summed E-state index contributed by atoms with van der Waals surface area (Å²) in [4.78, 5) is 25.2. The average Bonchev–Trinajstić information content (AvgIpc) is 3.22. The second kappa shape index (κ2) is 6.75. The van der Waals surface area contributed by atoms with E-state index in [1.165, 1.54) is 22.7 Å². The van der Waals surface area contributed by atoms with Gasteiger partial charge >= 0.3 is 0 Å². The van der Waals surface area contributed by atoms with Crippen molar-refractivity contribution in [2.75, 3.05) is 10.6 Å². The fourth-order valence-electron chi connectivity index (χ4n) is 2.09. The summed E-state index contributed by atoms with van der Waals surface area (Å²) in [5, 5.41) is 9.26. The van der Waals surface area contributed by atoms with Gasteiger partial charge in [0, 0.05) is 16.6 Å². The molecule has 3 heterocycles. The molecule has 2 N–H and O–H groups in total. The molecule has 0 bridgehead atoms. The van der Waals surface area contributed by atoms with E-state index in [4.69, 9.17) is 11.6 Å². The van der Waals surface area contributed by atoms with Crippen molar-refractivity contribution in [2.24, 2.45) is 0 Å². The maximum Gasteiger partial charge on any atom is 0.276 e. The van der Waals surface area contributed by atoms with E-state index in [9.17, 15) is 4.79 Å². The standard InChI is InChI=1S/C16H10ClN5OS2/c17-9-4-5-10-12(7-9)25-16(19-10)22-14(23)11-8-24-15(20-11)21-13-3-1-2-6-18-13/h1-8H,(H,18,20,21)(H,19,22,23). The van der Waals surface area contributed by atoms with E-state index in [2.05, 4.69) is 25.6 Å². The highest BCUT2D eigenvalue weighted by Crippen LogP contribution is 2.29. The first kappa shape index (κ1) is 15.9. The van der Waals surface area contributed by atoms with Crippen LogP contribution in [0.25, 0.3) is 10.2 Å². The normalized spacial score (nSPS) is 10.8. The second-order valence-electron chi connectivity index (χ2n) is 4.96. The number of hydrogen-bond acceptors (Lipinski definition) is 7. The number of aromatic nitrogens is 3. The molecular formula is C16H10ClN5OS2. The lowest BCUT2D eigenvalue weighted by Gasteiger charge is -2.00. The number of halogens is 1. The summed E-state index contributed by atoms with van der Waals surface area (Å²) in [7, 11) is 0. The highest BCUT2D eigenvalue weighted by molar-refractivity contribution is 7.22. The number of carbonyl (C=O) groups is 1. The Labute approximate surface area is 155 Å². The Hall–Kier alpha value is -2.55. The first-order valence-electron chi connectivity index (χ1n) is 7.18. The van der Waals surface area contributed by atoms with Crippen molar-refractivity contribution in [2.45, 2.75) is 0 Å². The van der Waals surface area contributed by atoms with Gasteiger partial charge in [-0.05, 0) is 30.3 Å². The molecule has 3 aromatic heterocycles. The van der Waals surface area contributed by atoms with Crippen LogP contribution in [0.1, 0.15) is 10.5 Å². The van der Waals surface area contributed by atoms with Crippen LogP contribution in [0.2, 0.25) is 5.02 Å². The molecule has 0 unspecified atom stereocenters. The Morgan fingerprint density at radius 3 is 2.88 bits per heavy atom. The molecule has 0 spiro atoms. The number of thiazole rings is 2. The van der Waals surface area contributed by atoms with Crippen LogP contribution in [-0.2, 0) is 0 Å². The Balaban J connectivity index is 1.49. The fourth-order valence-corrected chi connectivity index (χ4v) is 3.93. The molecule has 25 heavy (non-hydrogen) atoms. The van der Waals surface area contributed by atoms with Gasteiger partial charge in [0.25, 0.3) is 5.91 Å². The topological polar surface area (TPSA) is 79.8 Å². The number of anilines is 3. The number of rotatable bonds is 4. The molecule has 0 radical (unpaired) electrons. The molecule has 4 rings (SSSR count). The van der Waals surface area contributed by atoms with Crippen LogP contribution in [0.15, 0.2) is 48.0 Å². The Bertz CT molecular complexity index is 1050. The van der Waals surface area contributed by atoms with E-state index >= 15 is 0 Å². The lowest BCUT2D eigenvalue weighted by molar-refractivity contribution is 0.102. The van der Waals surface area contributed by atoms with Gasteiger partial charge in [0.2, 0.25) is 0 Å². The molecule has 6 nitrogen and oxygen atoms in total. The first-order valence-corrected chi connectivity index (χ1v) is 9.26. The third kappa shape index (κ3) is 3.60. The zero-order valence-corrected chi connectivity index (χ0v) is 15.0. The van der Waals surface area contributed by atoms with Gasteiger partial charge in [-0.15, -0.1) is 11.3 Å². The summed E-state index contributed by atoms with van der Waals surface area (Å²) in [5.74, 6) is 0.363. The van der Waals surface area contributed by atoms with E-state index < -0.39 is 0 Å². The van der Waals surface area contributed by atoms with Crippen molar-refractivity contribution in [3.8, 4) is 0 Å². The number of hydrogen-bond donors (Lipinski definition) is 2. The summed E-state index contributed by atoms with van der Waals surface area (Å²) < 4.78 is 0.915. The van der Waals surface area contributed by atoms with Gasteiger partial charge in [0.05, 0.1) is 10.2 Å². The summed E-state index contributed by atoms with van der Waals surface area (Å²) in [5.41, 5.74) is 1.11. The molecule has 0 aliphatic heterocycles. The number of pyridine rings is 1. The molecular weight excluding hydrogens is 378 g/mol. The zero-order valence-electron chi connectivity index (χ0n) is 12.6. The molecule has 0 atom stereocenters. The maximum absolute atomic E-state index is 12.4. The van der Waals surface area contributed by atoms with Gasteiger partial charge in [-0.3, -0.25) is 10.1 Å². The maximum atomic E-state index is 12.4. The largest absolute Gasteiger partial charge is 0.316 e. The van der Waals surface area contributed by atoms with Gasteiger partial charge in [-0.1, -0.05) is 29.0 Å². The highest BCUT2D eigenvalue weighted by atomic mass is 35.5. The van der Waals surface area contributed by atoms with Gasteiger partial charge < -0.3 is 5.32 Å². The first-order chi connectivity index (χ1) is 12.2. The van der Waals surface area contributed by atoms with E-state index in [1.54, 1.807) is 17.6 Å². The molecule has 4 aromatic rings. The van der Waals surface area contributed by atoms with Gasteiger partial charge in [0.1, 0.15) is 11.5 Å². The monoisotopic (exact) mass is 387 g/mol. The Morgan fingerprint density at radius 2 is 2.04 bits per heavy atom. The van der Waals surface area contributed by atoms with Gasteiger partial charge in [0.15, 0.2) is 10.3 Å². The van der Waals surface area contributed by atoms with Crippen LogP contribution >= 0.6 is 34.3 Å². The minimum Gasteiger partial charge on any atom is -0.316 e. The summed E-state index contributed by atoms with van der Waals surface area (Å²) in [6, 6.07) is 10.9. The van der Waals surface area contributed by atoms with Crippen LogP contribution in [0, 0.1) is 0 Å². The lowest BCUT2D eigenvalue weighted by Crippen LogP contribution is -2.12. The molecule has 0 aliphatic rings. The second-order valence-corrected chi connectivity index (χ2v) is 7.29. The molecule has 1 amide bonds. The van der Waals surface area contributed by atoms with Crippen molar-refractivity contribution in [1.82, 2.24) is 15.0 Å². The third-order valence-corrected chi connectivity index (χ3v) is 5.13. The summed E-state index contributed by atoms with van der Waals surface area (Å²) in [6.45, 7) is 0. The SMILES string of the molecule is O=C(Nc1nc2ccc(Cl)cc2s1)c1csc(Nc2ccccn2)n1. The van der Waals surface area contributed by atoms with Crippen LogP contribution in [0.3, 0.4) is 0 Å². The zero-order chi connectivity index (χ0) is 17.2. The average molecular weight is 388 g/mol. The Kier molecular flexibility index (Phi) is 4.31. The highest BCUT2D eigenvalue weighted by Gasteiger charge is 2.14. The quantitative estimate of drug-likeness (QED) is 0.526. The van der Waals surface area contributed by atoms with E-state index in [0.717, 1.165) is 10.2 Å². The van der Waals surface area contributed by atoms with Crippen LogP contribution < -0.4 is 10.6 Å². The third-order valence-electron chi connectivity index (χ3n) is 3.21. The smallest absolute Gasteiger partial charge is 0.276 e. The van der Waals surface area contributed by atoms with Gasteiger partial charge in [-0.2, -0.15) is 0 Å². The Morgan fingerprint density at radius 1 is 1.12 bits per heavy atom. The molecule has 1 aromatic carbocycles. The predicted molar refractivity (Wildman–Crippen MR) is 102 cm³/mol. The molecule has 0 aliphatic carbocycles. The number of amides is 1.